The van der Waals surface area contributed by atoms with Gasteiger partial charge in [0.05, 0.1) is 12.7 Å². The number of ether oxygens (including phenoxy) is 1. The molecule has 0 aliphatic carbocycles. The molecule has 2 rings (SSSR count). The normalized spacial score (nSPS) is 10.5. The second-order valence-electron chi connectivity index (χ2n) is 4.46. The largest absolute Gasteiger partial charge is 0.496 e. The molecule has 0 aliphatic rings. The zero-order valence-corrected chi connectivity index (χ0v) is 12.2. The zero-order chi connectivity index (χ0) is 13.8. The van der Waals surface area contributed by atoms with E-state index in [1.807, 2.05) is 31.2 Å². The highest BCUT2D eigenvalue weighted by molar-refractivity contribution is 6.29. The number of nitrogens with zero attached hydrogens (tertiary/aromatic N) is 2. The number of rotatable bonds is 4. The van der Waals surface area contributed by atoms with Gasteiger partial charge >= 0.3 is 0 Å². The first-order valence-electron chi connectivity index (χ1n) is 6.32. The van der Waals surface area contributed by atoms with Gasteiger partial charge in [0.2, 0.25) is 0 Å². The summed E-state index contributed by atoms with van der Waals surface area (Å²) in [5.74, 6) is 1.39. The van der Waals surface area contributed by atoms with Crippen molar-refractivity contribution in [3.8, 4) is 17.1 Å². The van der Waals surface area contributed by atoms with Gasteiger partial charge in [-0.2, -0.15) is 0 Å². The van der Waals surface area contributed by atoms with Crippen molar-refractivity contribution in [3.05, 3.63) is 40.7 Å². The summed E-state index contributed by atoms with van der Waals surface area (Å²) in [7, 11) is 1.65. The number of benzene rings is 1. The number of halogens is 1. The average Bonchev–Trinajstić information content (AvgIpc) is 2.38. The fourth-order valence-electron chi connectivity index (χ4n) is 1.95. The quantitative estimate of drug-likeness (QED) is 0.790. The summed E-state index contributed by atoms with van der Waals surface area (Å²) in [5, 5.41) is 0.469. The lowest BCUT2D eigenvalue weighted by molar-refractivity contribution is 0.416. The molecule has 4 heteroatoms. The Kier molecular flexibility index (Phi) is 4.38. The predicted octanol–water partition coefficient (Wildman–Crippen LogP) is 4.07. The van der Waals surface area contributed by atoms with Crippen LogP contribution in [0.25, 0.3) is 11.4 Å². The first kappa shape index (κ1) is 13.8. The first-order chi connectivity index (χ1) is 9.13. The Bertz CT molecular complexity index is 584. The van der Waals surface area contributed by atoms with Crippen LogP contribution in [0.1, 0.15) is 24.6 Å². The number of hydrogen-bond donors (Lipinski definition) is 0. The summed E-state index contributed by atoms with van der Waals surface area (Å²) in [6.07, 6.45) is 1.92. The van der Waals surface area contributed by atoms with Crippen molar-refractivity contribution in [2.45, 2.75) is 26.7 Å². The Labute approximate surface area is 118 Å². The molecule has 100 valence electrons. The van der Waals surface area contributed by atoms with Gasteiger partial charge in [-0.1, -0.05) is 31.0 Å². The van der Waals surface area contributed by atoms with Crippen molar-refractivity contribution in [2.75, 3.05) is 7.11 Å². The van der Waals surface area contributed by atoms with Crippen LogP contribution in [-0.4, -0.2) is 17.1 Å². The molecule has 0 saturated heterocycles. The maximum atomic E-state index is 6.07. The molecule has 0 saturated carbocycles. The lowest BCUT2D eigenvalue weighted by Gasteiger charge is -2.09. The van der Waals surface area contributed by atoms with E-state index >= 15 is 0 Å². The van der Waals surface area contributed by atoms with Gasteiger partial charge in [0.15, 0.2) is 5.82 Å². The lowest BCUT2D eigenvalue weighted by atomic mass is 10.1. The maximum Gasteiger partial charge on any atom is 0.164 e. The predicted molar refractivity (Wildman–Crippen MR) is 77.8 cm³/mol. The number of hydrogen-bond acceptors (Lipinski definition) is 3. The van der Waals surface area contributed by atoms with E-state index in [0.717, 1.165) is 35.4 Å². The molecule has 19 heavy (non-hydrogen) atoms. The fraction of sp³-hybridized carbons (Fsp3) is 0.333. The summed E-state index contributed by atoms with van der Waals surface area (Å²) >= 11 is 6.07. The summed E-state index contributed by atoms with van der Waals surface area (Å²) in [6, 6.07) is 7.77. The van der Waals surface area contributed by atoms with Crippen molar-refractivity contribution >= 4 is 11.6 Å². The SMILES string of the molecule is CCCc1cc(Cl)nc(-c2ccc(C)cc2OC)n1. The van der Waals surface area contributed by atoms with Gasteiger partial charge in [-0.05, 0) is 37.1 Å². The number of aromatic nitrogens is 2. The van der Waals surface area contributed by atoms with Crippen LogP contribution in [0.5, 0.6) is 5.75 Å². The zero-order valence-electron chi connectivity index (χ0n) is 11.4. The molecule has 3 nitrogen and oxygen atoms in total. The summed E-state index contributed by atoms with van der Waals surface area (Å²) in [4.78, 5) is 8.86. The summed E-state index contributed by atoms with van der Waals surface area (Å²) in [5.41, 5.74) is 2.96. The standard InChI is InChI=1S/C15H17ClN2O/c1-4-5-11-9-14(16)18-15(17-11)12-7-6-10(2)8-13(12)19-3/h6-9H,4-5H2,1-3H3. The fourth-order valence-corrected chi connectivity index (χ4v) is 2.16. The molecular weight excluding hydrogens is 260 g/mol. The van der Waals surface area contributed by atoms with Crippen LogP contribution in [0, 0.1) is 6.92 Å². The van der Waals surface area contributed by atoms with E-state index in [1.54, 1.807) is 7.11 Å². The van der Waals surface area contributed by atoms with E-state index in [0.29, 0.717) is 11.0 Å². The monoisotopic (exact) mass is 276 g/mol. The molecule has 0 fully saturated rings. The Morgan fingerprint density at radius 1 is 1.21 bits per heavy atom. The van der Waals surface area contributed by atoms with Crippen LogP contribution in [0.15, 0.2) is 24.3 Å². The third-order valence-corrected chi connectivity index (χ3v) is 3.05. The Hall–Kier alpha value is -1.61. The van der Waals surface area contributed by atoms with E-state index in [2.05, 4.69) is 16.9 Å². The molecule has 1 aromatic carbocycles. The van der Waals surface area contributed by atoms with Gasteiger partial charge in [-0.25, -0.2) is 9.97 Å². The molecule has 2 aromatic rings. The molecule has 1 aromatic heterocycles. The molecule has 1 heterocycles. The van der Waals surface area contributed by atoms with Crippen LogP contribution in [-0.2, 0) is 6.42 Å². The Morgan fingerprint density at radius 3 is 2.68 bits per heavy atom. The van der Waals surface area contributed by atoms with E-state index in [1.165, 1.54) is 0 Å². The molecular formula is C15H17ClN2O. The summed E-state index contributed by atoms with van der Waals surface area (Å²) in [6.45, 7) is 4.13. The van der Waals surface area contributed by atoms with Gasteiger partial charge in [-0.15, -0.1) is 0 Å². The smallest absolute Gasteiger partial charge is 0.164 e. The highest BCUT2D eigenvalue weighted by Gasteiger charge is 2.11. The third kappa shape index (κ3) is 3.24. The molecule has 0 amide bonds. The van der Waals surface area contributed by atoms with Crippen LogP contribution in [0.4, 0.5) is 0 Å². The van der Waals surface area contributed by atoms with Crippen LogP contribution in [0.2, 0.25) is 5.15 Å². The van der Waals surface area contributed by atoms with Crippen molar-refractivity contribution in [2.24, 2.45) is 0 Å². The Balaban J connectivity index is 2.51. The van der Waals surface area contributed by atoms with Gasteiger partial charge < -0.3 is 4.74 Å². The lowest BCUT2D eigenvalue weighted by Crippen LogP contribution is -1.98. The Morgan fingerprint density at radius 2 is 2.00 bits per heavy atom. The molecule has 0 unspecified atom stereocenters. The molecule has 0 N–H and O–H groups in total. The van der Waals surface area contributed by atoms with Gasteiger partial charge in [0, 0.05) is 5.69 Å². The van der Waals surface area contributed by atoms with Gasteiger partial charge in [0.25, 0.3) is 0 Å². The maximum absolute atomic E-state index is 6.07. The molecule has 0 atom stereocenters. The van der Waals surface area contributed by atoms with Crippen LogP contribution >= 0.6 is 11.6 Å². The third-order valence-electron chi connectivity index (χ3n) is 2.85. The van der Waals surface area contributed by atoms with Gasteiger partial charge in [0.1, 0.15) is 10.9 Å². The van der Waals surface area contributed by atoms with Crippen molar-refractivity contribution in [1.82, 2.24) is 9.97 Å². The van der Waals surface area contributed by atoms with E-state index < -0.39 is 0 Å². The van der Waals surface area contributed by atoms with Gasteiger partial charge in [-0.3, -0.25) is 0 Å². The molecule has 0 radical (unpaired) electrons. The summed E-state index contributed by atoms with van der Waals surface area (Å²) < 4.78 is 5.40. The molecule has 0 bridgehead atoms. The second kappa shape index (κ2) is 6.02. The van der Waals surface area contributed by atoms with E-state index in [4.69, 9.17) is 16.3 Å². The first-order valence-corrected chi connectivity index (χ1v) is 6.70. The average molecular weight is 277 g/mol. The minimum atomic E-state index is 0.469. The number of aryl methyl sites for hydroxylation is 2. The highest BCUT2D eigenvalue weighted by Crippen LogP contribution is 2.29. The van der Waals surface area contributed by atoms with Crippen LogP contribution in [0.3, 0.4) is 0 Å². The van der Waals surface area contributed by atoms with Crippen molar-refractivity contribution < 1.29 is 4.74 Å². The minimum Gasteiger partial charge on any atom is -0.496 e. The minimum absolute atomic E-state index is 0.469. The van der Waals surface area contributed by atoms with Crippen LogP contribution < -0.4 is 4.74 Å². The highest BCUT2D eigenvalue weighted by atomic mass is 35.5. The second-order valence-corrected chi connectivity index (χ2v) is 4.85. The van der Waals surface area contributed by atoms with E-state index in [-0.39, 0.29) is 0 Å². The van der Waals surface area contributed by atoms with E-state index in [9.17, 15) is 0 Å². The van der Waals surface area contributed by atoms with Crippen molar-refractivity contribution in [3.63, 3.8) is 0 Å². The molecule has 0 aliphatic heterocycles. The molecule has 0 spiro atoms. The number of methoxy groups -OCH3 is 1. The topological polar surface area (TPSA) is 35.0 Å². The van der Waals surface area contributed by atoms with Crippen molar-refractivity contribution in [1.29, 1.82) is 0 Å².